The highest BCUT2D eigenvalue weighted by Crippen LogP contribution is 2.24. The van der Waals surface area contributed by atoms with Gasteiger partial charge in [0.25, 0.3) is 0 Å². The molecular weight excluding hydrogens is 156 g/mol. The van der Waals surface area contributed by atoms with Crippen LogP contribution >= 0.6 is 0 Å². The van der Waals surface area contributed by atoms with Gasteiger partial charge in [0.1, 0.15) is 0 Å². The molecule has 0 atom stereocenters. The minimum atomic E-state index is -0.585. The molecule has 0 aromatic heterocycles. The lowest BCUT2D eigenvalue weighted by molar-refractivity contribution is -0.151. The van der Waals surface area contributed by atoms with Gasteiger partial charge >= 0.3 is 11.9 Å². The van der Waals surface area contributed by atoms with Gasteiger partial charge in [-0.3, -0.25) is 0 Å². The summed E-state index contributed by atoms with van der Waals surface area (Å²) in [4.78, 5) is 22.0. The van der Waals surface area contributed by atoms with E-state index in [2.05, 4.69) is 11.3 Å². The van der Waals surface area contributed by atoms with Crippen LogP contribution in [-0.2, 0) is 14.3 Å². The van der Waals surface area contributed by atoms with Crippen LogP contribution in [0.15, 0.2) is 23.8 Å². The van der Waals surface area contributed by atoms with E-state index in [1.54, 1.807) is 0 Å². The van der Waals surface area contributed by atoms with Crippen LogP contribution in [0.3, 0.4) is 0 Å². The maximum atomic E-state index is 11.0. The quantitative estimate of drug-likeness (QED) is 0.457. The van der Waals surface area contributed by atoms with Crippen molar-refractivity contribution in [2.45, 2.75) is 13.8 Å². The molecule has 0 saturated heterocycles. The Hall–Kier alpha value is -1.38. The first kappa shape index (κ1) is 8.71. The van der Waals surface area contributed by atoms with Crippen LogP contribution in [-0.4, -0.2) is 11.9 Å². The number of carbonyl (C=O) groups excluding carboxylic acids is 2. The summed E-state index contributed by atoms with van der Waals surface area (Å²) in [5.41, 5.74) is 0.727. The lowest BCUT2D eigenvalue weighted by atomic mass is 9.99. The maximum Gasteiger partial charge on any atom is 0.346 e. The van der Waals surface area contributed by atoms with Crippen molar-refractivity contribution in [2.24, 2.45) is 5.92 Å². The van der Waals surface area contributed by atoms with Gasteiger partial charge in [0.15, 0.2) is 0 Å². The lowest BCUT2D eigenvalue weighted by Gasteiger charge is -2.01. The van der Waals surface area contributed by atoms with E-state index in [0.717, 1.165) is 0 Å². The predicted molar refractivity (Wildman–Crippen MR) is 43.2 cm³/mol. The van der Waals surface area contributed by atoms with Crippen molar-refractivity contribution in [1.29, 1.82) is 0 Å². The molecule has 3 nitrogen and oxygen atoms in total. The SMILES string of the molecule is C=CC1=C(C(C)C)C(=O)OC1=O. The van der Waals surface area contributed by atoms with E-state index in [1.807, 2.05) is 13.8 Å². The van der Waals surface area contributed by atoms with Gasteiger partial charge < -0.3 is 4.74 Å². The van der Waals surface area contributed by atoms with E-state index in [1.165, 1.54) is 6.08 Å². The van der Waals surface area contributed by atoms with Crippen LogP contribution in [0, 0.1) is 5.92 Å². The number of hydrogen-bond donors (Lipinski definition) is 0. The molecule has 0 saturated carbocycles. The van der Waals surface area contributed by atoms with Crippen LogP contribution < -0.4 is 0 Å². The lowest BCUT2D eigenvalue weighted by Crippen LogP contribution is -2.05. The minimum Gasteiger partial charge on any atom is -0.386 e. The molecule has 0 aromatic rings. The molecule has 1 aliphatic rings. The Bertz CT molecular complexity index is 284. The highest BCUT2D eigenvalue weighted by atomic mass is 16.6. The van der Waals surface area contributed by atoms with Crippen molar-refractivity contribution < 1.29 is 14.3 Å². The fourth-order valence-electron chi connectivity index (χ4n) is 1.15. The first-order valence-corrected chi connectivity index (χ1v) is 3.71. The number of rotatable bonds is 2. The zero-order chi connectivity index (χ0) is 9.30. The second-order valence-corrected chi connectivity index (χ2v) is 2.86. The van der Waals surface area contributed by atoms with Gasteiger partial charge in [0.05, 0.1) is 11.1 Å². The predicted octanol–water partition coefficient (Wildman–Crippen LogP) is 1.21. The third-order valence-electron chi connectivity index (χ3n) is 1.70. The molecule has 0 spiro atoms. The summed E-state index contributed by atoms with van der Waals surface area (Å²) in [5, 5.41) is 0. The van der Waals surface area contributed by atoms with E-state index in [0.29, 0.717) is 11.1 Å². The van der Waals surface area contributed by atoms with Gasteiger partial charge in [0, 0.05) is 0 Å². The Kier molecular flexibility index (Phi) is 2.13. The summed E-state index contributed by atoms with van der Waals surface area (Å²) in [5.74, 6) is -1.12. The standard InChI is InChI=1S/C9H10O3/c1-4-6-7(5(2)3)9(11)12-8(6)10/h4-5H,1H2,2-3H3. The van der Waals surface area contributed by atoms with Crippen molar-refractivity contribution in [1.82, 2.24) is 0 Å². The Morgan fingerprint density at radius 3 is 2.25 bits per heavy atom. The monoisotopic (exact) mass is 166 g/mol. The van der Waals surface area contributed by atoms with E-state index >= 15 is 0 Å². The topological polar surface area (TPSA) is 43.4 Å². The van der Waals surface area contributed by atoms with Crippen molar-refractivity contribution in [3.05, 3.63) is 23.8 Å². The fraction of sp³-hybridized carbons (Fsp3) is 0.333. The Morgan fingerprint density at radius 2 is 1.92 bits per heavy atom. The van der Waals surface area contributed by atoms with Crippen LogP contribution in [0.25, 0.3) is 0 Å². The summed E-state index contributed by atoms with van der Waals surface area (Å²) in [6.45, 7) is 7.11. The number of cyclic esters (lactones) is 2. The van der Waals surface area contributed by atoms with E-state index < -0.39 is 11.9 Å². The molecule has 0 bridgehead atoms. The molecule has 0 radical (unpaired) electrons. The van der Waals surface area contributed by atoms with Gasteiger partial charge in [-0.05, 0) is 5.92 Å². The highest BCUT2D eigenvalue weighted by molar-refractivity contribution is 6.14. The number of ether oxygens (including phenoxy) is 1. The Balaban J connectivity index is 3.18. The molecule has 1 heterocycles. The third kappa shape index (κ3) is 1.18. The van der Waals surface area contributed by atoms with Gasteiger partial charge in [0.2, 0.25) is 0 Å². The second kappa shape index (κ2) is 2.93. The third-order valence-corrected chi connectivity index (χ3v) is 1.70. The van der Waals surface area contributed by atoms with Crippen molar-refractivity contribution in [3.8, 4) is 0 Å². The summed E-state index contributed by atoms with van der Waals surface area (Å²) in [7, 11) is 0. The smallest absolute Gasteiger partial charge is 0.346 e. The molecule has 1 aliphatic heterocycles. The van der Waals surface area contributed by atoms with Gasteiger partial charge in [-0.1, -0.05) is 26.5 Å². The fourth-order valence-corrected chi connectivity index (χ4v) is 1.15. The molecule has 0 unspecified atom stereocenters. The van der Waals surface area contributed by atoms with Crippen LogP contribution in [0.5, 0.6) is 0 Å². The number of carbonyl (C=O) groups is 2. The van der Waals surface area contributed by atoms with Crippen LogP contribution in [0.4, 0.5) is 0 Å². The first-order valence-electron chi connectivity index (χ1n) is 3.71. The first-order chi connectivity index (χ1) is 5.57. The maximum absolute atomic E-state index is 11.0. The highest BCUT2D eigenvalue weighted by Gasteiger charge is 2.32. The zero-order valence-electron chi connectivity index (χ0n) is 7.09. The molecule has 1 rings (SSSR count). The van der Waals surface area contributed by atoms with Gasteiger partial charge in [-0.15, -0.1) is 0 Å². The molecule has 0 fully saturated rings. The van der Waals surface area contributed by atoms with Crippen LogP contribution in [0.1, 0.15) is 13.8 Å². The molecule has 3 heteroatoms. The minimum absolute atomic E-state index is 0.00282. The van der Waals surface area contributed by atoms with Crippen LogP contribution in [0.2, 0.25) is 0 Å². The Morgan fingerprint density at radius 1 is 1.33 bits per heavy atom. The summed E-state index contributed by atoms with van der Waals surface area (Å²) in [6, 6.07) is 0. The summed E-state index contributed by atoms with van der Waals surface area (Å²) in [6.07, 6.45) is 1.36. The molecule has 0 amide bonds. The van der Waals surface area contributed by atoms with Crippen molar-refractivity contribution >= 4 is 11.9 Å². The van der Waals surface area contributed by atoms with Crippen molar-refractivity contribution in [3.63, 3.8) is 0 Å². The second-order valence-electron chi connectivity index (χ2n) is 2.86. The zero-order valence-corrected chi connectivity index (χ0v) is 7.09. The molecule has 12 heavy (non-hydrogen) atoms. The van der Waals surface area contributed by atoms with E-state index in [4.69, 9.17) is 0 Å². The number of hydrogen-bond acceptors (Lipinski definition) is 3. The van der Waals surface area contributed by atoms with E-state index in [9.17, 15) is 9.59 Å². The normalized spacial score (nSPS) is 17.2. The number of esters is 2. The Labute approximate surface area is 70.7 Å². The molecule has 0 aromatic carbocycles. The average molecular weight is 166 g/mol. The van der Waals surface area contributed by atoms with Gasteiger partial charge in [-0.2, -0.15) is 0 Å². The molecule has 0 aliphatic carbocycles. The molecule has 0 N–H and O–H groups in total. The molecular formula is C9H10O3. The van der Waals surface area contributed by atoms with Crippen molar-refractivity contribution in [2.75, 3.05) is 0 Å². The average Bonchev–Trinajstić information content (AvgIpc) is 2.24. The van der Waals surface area contributed by atoms with Gasteiger partial charge in [-0.25, -0.2) is 9.59 Å². The summed E-state index contributed by atoms with van der Waals surface area (Å²) >= 11 is 0. The molecule has 64 valence electrons. The van der Waals surface area contributed by atoms with E-state index in [-0.39, 0.29) is 5.92 Å². The largest absolute Gasteiger partial charge is 0.386 e. The summed E-state index contributed by atoms with van der Waals surface area (Å²) < 4.78 is 4.42.